The summed E-state index contributed by atoms with van der Waals surface area (Å²) in [5, 5.41) is 12.9. The molecule has 2 aromatic heterocycles. The minimum absolute atomic E-state index is 0.0266. The minimum Gasteiger partial charge on any atom is -0.478 e. The van der Waals surface area contributed by atoms with E-state index in [9.17, 15) is 4.79 Å². The Morgan fingerprint density at radius 2 is 2.33 bits per heavy atom. The van der Waals surface area contributed by atoms with Crippen molar-refractivity contribution in [3.63, 3.8) is 0 Å². The van der Waals surface area contributed by atoms with Crippen molar-refractivity contribution in [1.82, 2.24) is 14.8 Å². The lowest BCUT2D eigenvalue weighted by molar-refractivity contribution is 0.0696. The van der Waals surface area contributed by atoms with Crippen LogP contribution in [0.15, 0.2) is 30.7 Å². The van der Waals surface area contributed by atoms with E-state index in [0.29, 0.717) is 5.69 Å². The van der Waals surface area contributed by atoms with Gasteiger partial charge in [-0.3, -0.25) is 0 Å². The monoisotopic (exact) mass is 204 g/mol. The van der Waals surface area contributed by atoms with Crippen LogP contribution in [0, 0.1) is 0 Å². The Morgan fingerprint density at radius 1 is 1.53 bits per heavy atom. The number of aromatic carboxylic acids is 1. The molecule has 15 heavy (non-hydrogen) atoms. The number of pyridine rings is 1. The van der Waals surface area contributed by atoms with Crippen molar-refractivity contribution in [1.29, 1.82) is 0 Å². The Balaban J connectivity index is 2.61. The highest BCUT2D eigenvalue weighted by Gasteiger charge is 2.13. The zero-order valence-corrected chi connectivity index (χ0v) is 7.66. The molecule has 2 rings (SSSR count). The van der Waals surface area contributed by atoms with Gasteiger partial charge in [-0.25, -0.2) is 14.5 Å². The highest BCUT2D eigenvalue weighted by Crippen LogP contribution is 2.13. The molecule has 76 valence electrons. The molecule has 0 fully saturated rings. The second-order valence-corrected chi connectivity index (χ2v) is 2.90. The van der Waals surface area contributed by atoms with Crippen LogP contribution in [0.1, 0.15) is 10.4 Å². The molecule has 0 unspecified atom stereocenters. The first-order chi connectivity index (χ1) is 7.18. The van der Waals surface area contributed by atoms with E-state index in [1.54, 1.807) is 18.5 Å². The fourth-order valence-electron chi connectivity index (χ4n) is 1.21. The molecule has 0 atom stereocenters. The van der Waals surface area contributed by atoms with E-state index < -0.39 is 5.97 Å². The van der Waals surface area contributed by atoms with Crippen LogP contribution < -0.4 is 5.73 Å². The first-order valence-corrected chi connectivity index (χ1v) is 4.17. The van der Waals surface area contributed by atoms with E-state index in [2.05, 4.69) is 10.1 Å². The maximum absolute atomic E-state index is 10.9. The summed E-state index contributed by atoms with van der Waals surface area (Å²) in [5.41, 5.74) is 5.80. The number of nitrogen functional groups attached to an aromatic ring is 1. The Kier molecular flexibility index (Phi) is 2.09. The normalized spacial score (nSPS) is 10.1. The average Bonchev–Trinajstić information content (AvgIpc) is 2.70. The largest absolute Gasteiger partial charge is 0.478 e. The standard InChI is InChI=1S/C9H8N4O2/c10-6-4-7(9(14)15)8(11-5-6)13-3-1-2-12-13/h1-5H,10H2,(H,14,15). The molecule has 0 spiro atoms. The first kappa shape index (κ1) is 9.20. The number of aromatic nitrogens is 3. The molecular formula is C9H8N4O2. The molecule has 0 radical (unpaired) electrons. The second-order valence-electron chi connectivity index (χ2n) is 2.90. The van der Waals surface area contributed by atoms with Gasteiger partial charge in [-0.2, -0.15) is 5.10 Å². The van der Waals surface area contributed by atoms with Crippen molar-refractivity contribution in [2.24, 2.45) is 0 Å². The molecule has 0 bridgehead atoms. The highest BCUT2D eigenvalue weighted by molar-refractivity contribution is 5.92. The zero-order chi connectivity index (χ0) is 10.8. The fraction of sp³-hybridized carbons (Fsp3) is 0. The summed E-state index contributed by atoms with van der Waals surface area (Å²) in [6.45, 7) is 0. The SMILES string of the molecule is Nc1cnc(-n2cccn2)c(C(=O)O)c1. The number of hydrogen-bond donors (Lipinski definition) is 2. The summed E-state index contributed by atoms with van der Waals surface area (Å²) < 4.78 is 1.38. The molecule has 0 aliphatic carbocycles. The number of carbonyl (C=O) groups is 1. The Hall–Kier alpha value is -2.37. The lowest BCUT2D eigenvalue weighted by Crippen LogP contribution is -2.09. The van der Waals surface area contributed by atoms with Crippen LogP contribution in [-0.4, -0.2) is 25.8 Å². The summed E-state index contributed by atoms with van der Waals surface area (Å²) in [6.07, 6.45) is 4.55. The molecule has 2 aromatic rings. The van der Waals surface area contributed by atoms with Crippen LogP contribution in [0.5, 0.6) is 0 Å². The van der Waals surface area contributed by atoms with Gasteiger partial charge >= 0.3 is 5.97 Å². The van der Waals surface area contributed by atoms with Crippen molar-refractivity contribution < 1.29 is 9.90 Å². The lowest BCUT2D eigenvalue weighted by Gasteiger charge is -2.05. The third kappa shape index (κ3) is 1.64. The summed E-state index contributed by atoms with van der Waals surface area (Å²) in [7, 11) is 0. The van der Waals surface area contributed by atoms with Gasteiger partial charge in [-0.1, -0.05) is 0 Å². The van der Waals surface area contributed by atoms with Gasteiger partial charge in [0, 0.05) is 12.4 Å². The maximum Gasteiger partial charge on any atom is 0.339 e. The Bertz CT molecular complexity index is 493. The molecule has 6 heteroatoms. The summed E-state index contributed by atoms with van der Waals surface area (Å²) in [5.74, 6) is -0.831. The topological polar surface area (TPSA) is 94.0 Å². The number of nitrogens with zero attached hydrogens (tertiary/aromatic N) is 3. The number of anilines is 1. The Morgan fingerprint density at radius 3 is 2.93 bits per heavy atom. The summed E-state index contributed by atoms with van der Waals surface area (Å²) in [4.78, 5) is 14.9. The third-order valence-corrected chi connectivity index (χ3v) is 1.84. The van der Waals surface area contributed by atoms with E-state index in [1.165, 1.54) is 16.9 Å². The molecular weight excluding hydrogens is 196 g/mol. The predicted octanol–water partition coefficient (Wildman–Crippen LogP) is 0.548. The van der Waals surface area contributed by atoms with Crippen LogP contribution in [0.25, 0.3) is 5.82 Å². The van der Waals surface area contributed by atoms with Gasteiger partial charge in [0.25, 0.3) is 0 Å². The number of carboxylic acids is 1. The van der Waals surface area contributed by atoms with Crippen molar-refractivity contribution in [2.75, 3.05) is 5.73 Å². The third-order valence-electron chi connectivity index (χ3n) is 1.84. The molecule has 0 saturated heterocycles. The van der Waals surface area contributed by atoms with Crippen molar-refractivity contribution in [3.8, 4) is 5.82 Å². The van der Waals surface area contributed by atoms with E-state index in [-0.39, 0.29) is 11.4 Å². The summed E-state index contributed by atoms with van der Waals surface area (Å²) >= 11 is 0. The molecule has 2 heterocycles. The first-order valence-electron chi connectivity index (χ1n) is 4.17. The predicted molar refractivity (Wildman–Crippen MR) is 52.7 cm³/mol. The average molecular weight is 204 g/mol. The van der Waals surface area contributed by atoms with E-state index >= 15 is 0 Å². The fourth-order valence-corrected chi connectivity index (χ4v) is 1.21. The second kappa shape index (κ2) is 3.41. The van der Waals surface area contributed by atoms with Crippen molar-refractivity contribution in [3.05, 3.63) is 36.3 Å². The molecule has 6 nitrogen and oxygen atoms in total. The van der Waals surface area contributed by atoms with Crippen LogP contribution in [0.4, 0.5) is 5.69 Å². The quantitative estimate of drug-likeness (QED) is 0.744. The van der Waals surface area contributed by atoms with Crippen LogP contribution >= 0.6 is 0 Å². The van der Waals surface area contributed by atoms with Gasteiger partial charge < -0.3 is 10.8 Å². The van der Waals surface area contributed by atoms with Gasteiger partial charge in [0.05, 0.1) is 11.9 Å². The molecule has 0 aliphatic heterocycles. The molecule has 0 amide bonds. The van der Waals surface area contributed by atoms with Gasteiger partial charge in [0.1, 0.15) is 5.56 Å². The smallest absolute Gasteiger partial charge is 0.339 e. The van der Waals surface area contributed by atoms with Crippen LogP contribution in [0.3, 0.4) is 0 Å². The van der Waals surface area contributed by atoms with Gasteiger partial charge in [0.15, 0.2) is 5.82 Å². The van der Waals surface area contributed by atoms with Gasteiger partial charge in [-0.05, 0) is 12.1 Å². The molecule has 0 aliphatic rings. The number of hydrogen-bond acceptors (Lipinski definition) is 4. The number of nitrogens with two attached hydrogens (primary N) is 1. The lowest BCUT2D eigenvalue weighted by atomic mass is 10.2. The van der Waals surface area contributed by atoms with Gasteiger partial charge in [0.2, 0.25) is 0 Å². The highest BCUT2D eigenvalue weighted by atomic mass is 16.4. The molecule has 3 N–H and O–H groups in total. The van der Waals surface area contributed by atoms with Crippen LogP contribution in [-0.2, 0) is 0 Å². The van der Waals surface area contributed by atoms with Crippen molar-refractivity contribution >= 4 is 11.7 Å². The maximum atomic E-state index is 10.9. The zero-order valence-electron chi connectivity index (χ0n) is 7.66. The minimum atomic E-state index is -1.08. The van der Waals surface area contributed by atoms with Crippen molar-refractivity contribution in [2.45, 2.75) is 0 Å². The molecule has 0 saturated carbocycles. The summed E-state index contributed by atoms with van der Waals surface area (Å²) in [6, 6.07) is 3.04. The number of rotatable bonds is 2. The van der Waals surface area contributed by atoms with Crippen LogP contribution in [0.2, 0.25) is 0 Å². The molecule has 0 aromatic carbocycles. The van der Waals surface area contributed by atoms with E-state index in [1.807, 2.05) is 0 Å². The Labute approximate surface area is 85.0 Å². The number of carboxylic acid groups (broad SMARTS) is 1. The van der Waals surface area contributed by atoms with Gasteiger partial charge in [-0.15, -0.1) is 0 Å². The van der Waals surface area contributed by atoms with E-state index in [4.69, 9.17) is 10.8 Å². The van der Waals surface area contributed by atoms with E-state index in [0.717, 1.165) is 0 Å².